The number of carbonyl (C=O) groups excluding carboxylic acids is 2. The number of para-hydroxylation sites is 1. The van der Waals surface area contributed by atoms with Gasteiger partial charge in [0.15, 0.2) is 6.61 Å². The third-order valence-corrected chi connectivity index (χ3v) is 3.16. The molecule has 2 aromatic rings. The van der Waals surface area contributed by atoms with Gasteiger partial charge in [-0.2, -0.15) is 5.10 Å². The second-order valence-electron chi connectivity index (χ2n) is 5.21. The first kappa shape index (κ1) is 19.6. The SMILES string of the molecule is O=C(O)COc1ccccc1/C=N/NC(=O)CNC(=O)c1cccc(F)c1. The van der Waals surface area contributed by atoms with Crippen LogP contribution >= 0.6 is 0 Å². The fourth-order valence-corrected chi connectivity index (χ4v) is 1.96. The molecule has 2 amide bonds. The van der Waals surface area contributed by atoms with Crippen molar-refractivity contribution >= 4 is 24.0 Å². The lowest BCUT2D eigenvalue weighted by Crippen LogP contribution is -2.34. The number of halogens is 1. The summed E-state index contributed by atoms with van der Waals surface area (Å²) in [4.78, 5) is 34.1. The fraction of sp³-hybridized carbons (Fsp3) is 0.111. The number of carbonyl (C=O) groups is 3. The number of carboxylic acid groups (broad SMARTS) is 1. The molecule has 0 aromatic heterocycles. The Balaban J connectivity index is 1.85. The summed E-state index contributed by atoms with van der Waals surface area (Å²) in [6.45, 7) is -0.868. The van der Waals surface area contributed by atoms with Crippen LogP contribution in [0.5, 0.6) is 5.75 Å². The standard InChI is InChI=1S/C18H16FN3O5/c19-14-6-3-5-12(8-14)18(26)20-10-16(23)22-21-9-13-4-1-2-7-15(13)27-11-17(24)25/h1-9H,10-11H2,(H,20,26)(H,22,23)(H,24,25)/b21-9+. The van der Waals surface area contributed by atoms with E-state index < -0.39 is 30.2 Å². The summed E-state index contributed by atoms with van der Waals surface area (Å²) >= 11 is 0. The van der Waals surface area contributed by atoms with Crippen molar-refractivity contribution in [3.63, 3.8) is 0 Å². The Bertz CT molecular complexity index is 870. The zero-order valence-electron chi connectivity index (χ0n) is 14.0. The molecule has 27 heavy (non-hydrogen) atoms. The predicted octanol–water partition coefficient (Wildman–Crippen LogP) is 1.17. The molecule has 0 aliphatic carbocycles. The van der Waals surface area contributed by atoms with Gasteiger partial charge >= 0.3 is 5.97 Å². The first-order valence-electron chi connectivity index (χ1n) is 7.75. The summed E-state index contributed by atoms with van der Waals surface area (Å²) in [5.41, 5.74) is 2.77. The first-order valence-corrected chi connectivity index (χ1v) is 7.75. The Morgan fingerprint density at radius 3 is 2.67 bits per heavy atom. The quantitative estimate of drug-likeness (QED) is 0.474. The van der Waals surface area contributed by atoms with Crippen molar-refractivity contribution in [2.24, 2.45) is 5.10 Å². The van der Waals surface area contributed by atoms with E-state index in [2.05, 4.69) is 15.8 Å². The van der Waals surface area contributed by atoms with Gasteiger partial charge < -0.3 is 15.2 Å². The van der Waals surface area contributed by atoms with Crippen LogP contribution in [-0.2, 0) is 9.59 Å². The van der Waals surface area contributed by atoms with Gasteiger partial charge in [0, 0.05) is 11.1 Å². The molecule has 3 N–H and O–H groups in total. The van der Waals surface area contributed by atoms with E-state index in [4.69, 9.17) is 9.84 Å². The number of amides is 2. The van der Waals surface area contributed by atoms with Gasteiger partial charge in [0.1, 0.15) is 11.6 Å². The molecule has 0 bridgehead atoms. The Morgan fingerprint density at radius 1 is 1.15 bits per heavy atom. The van der Waals surface area contributed by atoms with Crippen LogP contribution in [0.25, 0.3) is 0 Å². The lowest BCUT2D eigenvalue weighted by atomic mass is 10.2. The van der Waals surface area contributed by atoms with Crippen LogP contribution < -0.4 is 15.5 Å². The molecule has 0 saturated heterocycles. The van der Waals surface area contributed by atoms with Gasteiger partial charge in [-0.05, 0) is 30.3 Å². The number of rotatable bonds is 8. The van der Waals surface area contributed by atoms with E-state index in [9.17, 15) is 18.8 Å². The highest BCUT2D eigenvalue weighted by Crippen LogP contribution is 2.15. The van der Waals surface area contributed by atoms with Crippen molar-refractivity contribution in [3.05, 3.63) is 65.5 Å². The van der Waals surface area contributed by atoms with Gasteiger partial charge in [-0.15, -0.1) is 0 Å². The molecule has 2 rings (SSSR count). The normalized spacial score (nSPS) is 10.4. The Hall–Kier alpha value is -3.75. The molecule has 0 unspecified atom stereocenters. The summed E-state index contributed by atoms with van der Waals surface area (Å²) in [5.74, 6) is -2.58. The minimum Gasteiger partial charge on any atom is -0.481 e. The van der Waals surface area contributed by atoms with Crippen LogP contribution in [0.4, 0.5) is 4.39 Å². The molecule has 9 heteroatoms. The van der Waals surface area contributed by atoms with Gasteiger partial charge in [0.05, 0.1) is 12.8 Å². The maximum atomic E-state index is 13.1. The van der Waals surface area contributed by atoms with Crippen LogP contribution in [0.1, 0.15) is 15.9 Å². The number of carboxylic acids is 1. The van der Waals surface area contributed by atoms with E-state index in [0.717, 1.165) is 6.07 Å². The van der Waals surface area contributed by atoms with E-state index >= 15 is 0 Å². The topological polar surface area (TPSA) is 117 Å². The van der Waals surface area contributed by atoms with Crippen molar-refractivity contribution in [1.29, 1.82) is 0 Å². The number of hydrogen-bond acceptors (Lipinski definition) is 5. The zero-order valence-corrected chi connectivity index (χ0v) is 14.0. The van der Waals surface area contributed by atoms with Crippen LogP contribution in [0, 0.1) is 5.82 Å². The summed E-state index contributed by atoms with van der Waals surface area (Å²) in [6.07, 6.45) is 1.28. The first-order chi connectivity index (χ1) is 13.0. The number of aliphatic carboxylic acids is 1. The number of nitrogens with zero attached hydrogens (tertiary/aromatic N) is 1. The summed E-state index contributed by atoms with van der Waals surface area (Å²) < 4.78 is 18.2. The minimum atomic E-state index is -1.12. The van der Waals surface area contributed by atoms with Crippen LogP contribution in [0.15, 0.2) is 53.6 Å². The van der Waals surface area contributed by atoms with Crippen LogP contribution in [0.3, 0.4) is 0 Å². The highest BCUT2D eigenvalue weighted by Gasteiger charge is 2.08. The smallest absolute Gasteiger partial charge is 0.341 e. The third-order valence-electron chi connectivity index (χ3n) is 3.16. The Morgan fingerprint density at radius 2 is 1.93 bits per heavy atom. The Kier molecular flexibility index (Phi) is 7.00. The predicted molar refractivity (Wildman–Crippen MR) is 94.0 cm³/mol. The molecule has 2 aromatic carbocycles. The maximum absolute atomic E-state index is 13.1. The zero-order chi connectivity index (χ0) is 19.6. The average molecular weight is 373 g/mol. The van der Waals surface area contributed by atoms with Gasteiger partial charge in [-0.3, -0.25) is 9.59 Å². The van der Waals surface area contributed by atoms with Crippen molar-refractivity contribution in [2.45, 2.75) is 0 Å². The minimum absolute atomic E-state index is 0.0933. The maximum Gasteiger partial charge on any atom is 0.341 e. The third kappa shape index (κ3) is 6.58. The average Bonchev–Trinajstić information content (AvgIpc) is 2.65. The molecule has 0 heterocycles. The lowest BCUT2D eigenvalue weighted by Gasteiger charge is -2.06. The van der Waals surface area contributed by atoms with Gasteiger partial charge in [-0.1, -0.05) is 18.2 Å². The molecule has 0 aliphatic rings. The van der Waals surface area contributed by atoms with Crippen molar-refractivity contribution in [2.75, 3.05) is 13.2 Å². The highest BCUT2D eigenvalue weighted by molar-refractivity contribution is 5.96. The van der Waals surface area contributed by atoms with E-state index in [0.29, 0.717) is 5.56 Å². The van der Waals surface area contributed by atoms with Crippen LogP contribution in [0.2, 0.25) is 0 Å². The van der Waals surface area contributed by atoms with Crippen molar-refractivity contribution in [3.8, 4) is 5.75 Å². The molecule has 0 radical (unpaired) electrons. The summed E-state index contributed by atoms with van der Waals surface area (Å²) in [6, 6.07) is 11.6. The summed E-state index contributed by atoms with van der Waals surface area (Å²) in [5, 5.41) is 14.7. The molecule has 0 saturated carbocycles. The largest absolute Gasteiger partial charge is 0.481 e. The number of hydrazone groups is 1. The number of ether oxygens (including phenoxy) is 1. The molecule has 140 valence electrons. The monoisotopic (exact) mass is 373 g/mol. The molecular weight excluding hydrogens is 357 g/mol. The molecule has 8 nitrogen and oxygen atoms in total. The van der Waals surface area contributed by atoms with Gasteiger partial charge in [0.2, 0.25) is 0 Å². The van der Waals surface area contributed by atoms with E-state index in [1.807, 2.05) is 0 Å². The van der Waals surface area contributed by atoms with E-state index in [-0.39, 0.29) is 17.9 Å². The van der Waals surface area contributed by atoms with E-state index in [1.165, 1.54) is 24.4 Å². The Labute approximate surface area is 153 Å². The molecule has 0 atom stereocenters. The molecule has 0 aliphatic heterocycles. The second kappa shape index (κ2) is 9.66. The van der Waals surface area contributed by atoms with E-state index in [1.54, 1.807) is 24.3 Å². The second-order valence-corrected chi connectivity index (χ2v) is 5.21. The molecule has 0 fully saturated rings. The van der Waals surface area contributed by atoms with Gasteiger partial charge in [-0.25, -0.2) is 14.6 Å². The van der Waals surface area contributed by atoms with Crippen molar-refractivity contribution < 1.29 is 28.6 Å². The van der Waals surface area contributed by atoms with Gasteiger partial charge in [0.25, 0.3) is 11.8 Å². The number of benzene rings is 2. The number of hydrogen-bond donors (Lipinski definition) is 3. The van der Waals surface area contributed by atoms with Crippen LogP contribution in [-0.4, -0.2) is 42.3 Å². The fourth-order valence-electron chi connectivity index (χ4n) is 1.96. The molecule has 0 spiro atoms. The summed E-state index contributed by atoms with van der Waals surface area (Å²) in [7, 11) is 0. The van der Waals surface area contributed by atoms with Crippen molar-refractivity contribution in [1.82, 2.24) is 10.7 Å². The highest BCUT2D eigenvalue weighted by atomic mass is 19.1. The lowest BCUT2D eigenvalue weighted by molar-refractivity contribution is -0.139. The number of nitrogens with one attached hydrogen (secondary N) is 2. The molecular formula is C18H16FN3O5.